The van der Waals surface area contributed by atoms with Gasteiger partial charge >= 0.3 is 0 Å². The first-order valence-corrected chi connectivity index (χ1v) is 8.67. The summed E-state index contributed by atoms with van der Waals surface area (Å²) in [5.74, 6) is 0. The lowest BCUT2D eigenvalue weighted by Crippen LogP contribution is -2.86. The lowest BCUT2D eigenvalue weighted by molar-refractivity contribution is 3.27. The maximum absolute atomic E-state index is 6.24. The van der Waals surface area contributed by atoms with E-state index in [0.29, 0.717) is 0 Å². The van der Waals surface area contributed by atoms with Crippen LogP contribution in [-0.4, -0.2) is 192 Å². The van der Waals surface area contributed by atoms with E-state index in [1.807, 2.05) is 0 Å². The summed E-state index contributed by atoms with van der Waals surface area (Å²) in [4.78, 5) is 0. The largest absolute Gasteiger partial charge is 0 e. The molecule has 0 amide bonds. The van der Waals surface area contributed by atoms with Crippen LogP contribution in [0.1, 0.15) is 0 Å². The van der Waals surface area contributed by atoms with Gasteiger partial charge in [-0.3, -0.25) is 0 Å². The molecule has 0 fully saturated rings. The molecule has 0 nitrogen and oxygen atoms in total. The van der Waals surface area contributed by atoms with Gasteiger partial charge < -0.3 is 0 Å². The smallest absolute Gasteiger partial charge is 0 e. The molecule has 0 spiro atoms. The molecule has 0 aromatic rings. The molecule has 0 bridgehead atoms. The molecular formula is B27. The SMILES string of the molecule is [B][B]B([B])B(B(B([B])[B])B([B])[B])B(B(B([B])[B])B([B])[B])B(B([B])[B])B([B])[B]. The summed E-state index contributed by atoms with van der Waals surface area (Å²) in [6, 6.07) is 0. The molecule has 27 heteroatoms. The molecule has 0 saturated heterocycles. The van der Waals surface area contributed by atoms with Crippen LogP contribution in [0.5, 0.6) is 0 Å². The Kier molecular flexibility index (Phi) is 14.1. The van der Waals surface area contributed by atoms with Crippen LogP contribution in [0.15, 0.2) is 0 Å². The minimum Gasteiger partial charge on any atom is 0 e. The van der Waals surface area contributed by atoms with Crippen molar-refractivity contribution in [3.8, 4) is 0 Å². The third kappa shape index (κ3) is 8.07. The maximum Gasteiger partial charge on any atom is 0 e. The summed E-state index contributed by atoms with van der Waals surface area (Å²) >= 11 is 0. The van der Waals surface area contributed by atoms with Crippen molar-refractivity contribution in [2.24, 2.45) is 0 Å². The van der Waals surface area contributed by atoms with Crippen LogP contribution in [0.3, 0.4) is 0 Å². The van der Waals surface area contributed by atoms with E-state index in [9.17, 15) is 0 Å². The van der Waals surface area contributed by atoms with Crippen molar-refractivity contribution in [1.29, 1.82) is 0 Å². The Bertz CT molecular complexity index is 329. The summed E-state index contributed by atoms with van der Waals surface area (Å²) in [5.41, 5.74) is 0. The topological polar surface area (TPSA) is 0 Å². The molecule has 0 aliphatic carbocycles. The molecule has 0 unspecified atom stereocenters. The normalized spacial score (nSPS) is 9.33. The van der Waals surface area contributed by atoms with Crippen molar-refractivity contribution in [3.05, 3.63) is 0 Å². The molecule has 0 atom stereocenters. The quantitative estimate of drug-likeness (QED) is 0.313. The molecule has 0 heterocycles. The zero-order valence-corrected chi connectivity index (χ0v) is 15.6. The Hall–Kier alpha value is 1.75. The summed E-state index contributed by atoms with van der Waals surface area (Å²) in [5, 5.41) is 0. The van der Waals surface area contributed by atoms with Crippen LogP contribution < -0.4 is 0 Å². The van der Waals surface area contributed by atoms with E-state index in [-0.39, 0.29) is 0 Å². The highest BCUT2D eigenvalue weighted by Crippen LogP contribution is 2.12. The van der Waals surface area contributed by atoms with Crippen molar-refractivity contribution in [2.45, 2.75) is 0 Å². The van der Waals surface area contributed by atoms with Crippen molar-refractivity contribution in [1.82, 2.24) is 0 Å². The van der Waals surface area contributed by atoms with E-state index in [1.54, 1.807) is 0 Å². The first-order chi connectivity index (χ1) is 12.3. The first-order valence-electron chi connectivity index (χ1n) is 8.67. The van der Waals surface area contributed by atoms with Gasteiger partial charge in [-0.2, -0.15) is 0 Å². The van der Waals surface area contributed by atoms with E-state index in [1.165, 1.54) is 7.06 Å². The van der Waals surface area contributed by atoms with Gasteiger partial charge in [0.05, 0.1) is 0 Å². The molecule has 27 heavy (non-hydrogen) atoms. The molecular weight excluding hydrogens is 292 g/mol. The van der Waals surface area contributed by atoms with Gasteiger partial charge in [-0.1, -0.05) is 0 Å². The molecule has 0 aromatic heterocycles. The second-order valence-electron chi connectivity index (χ2n) is 7.12. The van der Waals surface area contributed by atoms with E-state index in [0.717, 1.165) is 0 Å². The summed E-state index contributed by atoms with van der Waals surface area (Å²) in [7, 11) is 84.5. The minimum atomic E-state index is -0.994. The van der Waals surface area contributed by atoms with Crippen molar-refractivity contribution in [3.63, 3.8) is 0 Å². The molecule has 0 aromatic carbocycles. The summed E-state index contributed by atoms with van der Waals surface area (Å²) in [6.45, 7) is 0. The Labute approximate surface area is 191 Å². The van der Waals surface area contributed by atoms with Gasteiger partial charge in [0.25, 0.3) is 0 Å². The van der Waals surface area contributed by atoms with Gasteiger partial charge in [0, 0.05) is 192 Å². The van der Waals surface area contributed by atoms with Crippen molar-refractivity contribution < 1.29 is 0 Å². The van der Waals surface area contributed by atoms with Crippen LogP contribution in [-0.2, 0) is 0 Å². The van der Waals surface area contributed by atoms with Gasteiger partial charge in [-0.15, -0.1) is 0 Å². The number of hydrogen-bond acceptors (Lipinski definition) is 0. The van der Waals surface area contributed by atoms with Gasteiger partial charge in [0.2, 0.25) is 0 Å². The summed E-state index contributed by atoms with van der Waals surface area (Å²) in [6.07, 6.45) is -10.5. The highest BCUT2D eigenvalue weighted by molar-refractivity contribution is 8.25. The first kappa shape index (κ1) is 28.8. The van der Waals surface area contributed by atoms with Gasteiger partial charge in [-0.05, 0) is 0 Å². The number of rotatable bonds is 12. The van der Waals surface area contributed by atoms with E-state index in [2.05, 4.69) is 0 Å². The van der Waals surface area contributed by atoms with Crippen molar-refractivity contribution >= 4 is 192 Å². The molecule has 0 N–H and O–H groups in total. The minimum absolute atomic E-state index is 0.724. The number of hydrogen-bond donors (Lipinski definition) is 0. The van der Waals surface area contributed by atoms with Crippen LogP contribution in [0.2, 0.25) is 0 Å². The lowest BCUT2D eigenvalue weighted by Gasteiger charge is -2.48. The average molecular weight is 292 g/mol. The second kappa shape index (κ2) is 13.2. The third-order valence-electron chi connectivity index (χ3n) is 5.11. The fraction of sp³-hybridized carbons (Fsp3) is 0. The van der Waals surface area contributed by atoms with E-state index in [4.69, 9.17) is 108 Å². The molecule has 29 radical (unpaired) electrons. The Balaban J connectivity index is 6.66. The maximum atomic E-state index is 6.24. The van der Waals surface area contributed by atoms with Crippen LogP contribution in [0.4, 0.5) is 0 Å². The molecule has 0 saturated carbocycles. The average Bonchev–Trinajstić information content (AvgIpc) is 2.48. The zero-order valence-electron chi connectivity index (χ0n) is 15.6. The van der Waals surface area contributed by atoms with Crippen LogP contribution in [0.25, 0.3) is 0 Å². The zero-order chi connectivity index (χ0) is 21.6. The summed E-state index contributed by atoms with van der Waals surface area (Å²) < 4.78 is 0. The van der Waals surface area contributed by atoms with E-state index < -0.39 is 76.6 Å². The molecule has 81 valence electrons. The Morgan fingerprint density at radius 2 is 0.556 bits per heavy atom. The van der Waals surface area contributed by atoms with Gasteiger partial charge in [-0.25, -0.2) is 0 Å². The fourth-order valence-corrected chi connectivity index (χ4v) is 3.98. The molecule has 0 rings (SSSR count). The molecule has 0 aliphatic heterocycles. The highest BCUT2D eigenvalue weighted by atomic mass is 13.3. The predicted octanol–water partition coefficient (Wildman–Crippen LogP) is -10.3. The van der Waals surface area contributed by atoms with Crippen molar-refractivity contribution in [2.75, 3.05) is 0 Å². The standard InChI is InChI=1S/B27/c1-15-22(14)26(23(16(2)3)17(4)5)27(24(18(6)7)19(8)9)25(20(10)11)21(12)13. The second-order valence-corrected chi connectivity index (χ2v) is 7.12. The predicted molar refractivity (Wildman–Crippen MR) is 155 cm³/mol. The van der Waals surface area contributed by atoms with Gasteiger partial charge in [0.1, 0.15) is 0 Å². The Morgan fingerprint density at radius 3 is 0.741 bits per heavy atom. The molecule has 0 aliphatic rings. The van der Waals surface area contributed by atoms with Crippen LogP contribution in [0, 0.1) is 0 Å². The highest BCUT2D eigenvalue weighted by Gasteiger charge is 2.50. The van der Waals surface area contributed by atoms with E-state index >= 15 is 0 Å². The Morgan fingerprint density at radius 1 is 0.333 bits per heavy atom. The van der Waals surface area contributed by atoms with Gasteiger partial charge in [0.15, 0.2) is 0 Å². The lowest BCUT2D eigenvalue weighted by atomic mass is 8.33. The van der Waals surface area contributed by atoms with Crippen LogP contribution >= 0.6 is 0 Å². The monoisotopic (exact) mass is 297 g/mol. The fourth-order valence-electron chi connectivity index (χ4n) is 3.98. The third-order valence-corrected chi connectivity index (χ3v) is 5.11.